The molecule has 0 saturated heterocycles. The number of unbranched alkanes of at least 4 members (excludes halogenated alkanes) is 1. The lowest BCUT2D eigenvalue weighted by molar-refractivity contribution is -0.160. The first-order chi connectivity index (χ1) is 13.9. The van der Waals surface area contributed by atoms with Gasteiger partial charge in [-0.25, -0.2) is 12.8 Å². The predicted octanol–water partition coefficient (Wildman–Crippen LogP) is 2.77. The minimum atomic E-state index is -4.88. The molecular weight excluding hydrogens is 426 g/mol. The SMILES string of the molecule is CCCCS(=O)(=O)C[C@H](N[C@@H](c1ccc(F)cc1)C(F)(F)F)C(=O)NC1(C#N)CC1. The number of carbonyl (C=O) groups excluding carboxylic acids is 1. The van der Waals surface area contributed by atoms with Crippen LogP contribution < -0.4 is 10.6 Å². The summed E-state index contributed by atoms with van der Waals surface area (Å²) >= 11 is 0. The molecule has 2 N–H and O–H groups in total. The Balaban J connectivity index is 2.31. The molecule has 6 nitrogen and oxygen atoms in total. The Labute approximate surface area is 172 Å². The molecule has 0 bridgehead atoms. The molecule has 1 saturated carbocycles. The number of carbonyl (C=O) groups is 1. The predicted molar refractivity (Wildman–Crippen MR) is 101 cm³/mol. The van der Waals surface area contributed by atoms with Crippen molar-refractivity contribution in [2.24, 2.45) is 0 Å². The Kier molecular flexibility index (Phi) is 7.47. The monoisotopic (exact) mass is 449 g/mol. The van der Waals surface area contributed by atoms with Gasteiger partial charge in [0.05, 0.1) is 17.6 Å². The van der Waals surface area contributed by atoms with Crippen molar-refractivity contribution in [3.63, 3.8) is 0 Å². The van der Waals surface area contributed by atoms with Crippen molar-refractivity contribution in [1.82, 2.24) is 10.6 Å². The standard InChI is InChI=1S/C19H23F4N3O3S/c1-2-3-10-30(28,29)11-15(17(27)26-18(12-24)8-9-18)25-16(19(21,22)23)13-4-6-14(20)7-5-13/h4-7,15-16,25H,2-3,8-11H2,1H3,(H,26,27)/t15-,16-/m0/s1. The van der Waals surface area contributed by atoms with Crippen LogP contribution in [0.25, 0.3) is 0 Å². The first-order valence-electron chi connectivity index (χ1n) is 9.43. The number of hydrogen-bond acceptors (Lipinski definition) is 5. The van der Waals surface area contributed by atoms with Crippen molar-refractivity contribution in [2.75, 3.05) is 11.5 Å². The molecule has 1 aromatic rings. The van der Waals surface area contributed by atoms with E-state index in [4.69, 9.17) is 5.26 Å². The summed E-state index contributed by atoms with van der Waals surface area (Å²) in [6.07, 6.45) is -3.34. The molecule has 2 rings (SSSR count). The third-order valence-electron chi connectivity index (χ3n) is 4.77. The lowest BCUT2D eigenvalue weighted by atomic mass is 10.0. The van der Waals surface area contributed by atoms with Gasteiger partial charge in [0, 0.05) is 0 Å². The zero-order chi connectivity index (χ0) is 22.6. The third kappa shape index (κ3) is 6.67. The van der Waals surface area contributed by atoms with Crippen LogP contribution in [0.5, 0.6) is 0 Å². The second kappa shape index (κ2) is 9.31. The number of alkyl halides is 3. The topological polar surface area (TPSA) is 99.1 Å². The van der Waals surface area contributed by atoms with Crippen molar-refractivity contribution < 1.29 is 30.8 Å². The fourth-order valence-electron chi connectivity index (χ4n) is 2.85. The van der Waals surface area contributed by atoms with Crippen LogP contribution in [0.1, 0.15) is 44.2 Å². The minimum absolute atomic E-state index is 0.272. The molecule has 30 heavy (non-hydrogen) atoms. The van der Waals surface area contributed by atoms with Crippen LogP contribution in [0.2, 0.25) is 0 Å². The lowest BCUT2D eigenvalue weighted by Gasteiger charge is -2.28. The molecule has 1 fully saturated rings. The Morgan fingerprint density at radius 3 is 2.33 bits per heavy atom. The van der Waals surface area contributed by atoms with Gasteiger partial charge in [0.1, 0.15) is 23.4 Å². The maximum Gasteiger partial charge on any atom is 0.407 e. The van der Waals surface area contributed by atoms with Crippen molar-refractivity contribution in [2.45, 2.75) is 56.4 Å². The van der Waals surface area contributed by atoms with E-state index in [0.29, 0.717) is 25.7 Å². The number of nitriles is 1. The van der Waals surface area contributed by atoms with Crippen LogP contribution >= 0.6 is 0 Å². The quantitative estimate of drug-likeness (QED) is 0.535. The summed E-state index contributed by atoms with van der Waals surface area (Å²) in [4.78, 5) is 12.6. The maximum atomic E-state index is 13.7. The molecule has 11 heteroatoms. The summed E-state index contributed by atoms with van der Waals surface area (Å²) in [5.74, 6) is -2.86. The highest BCUT2D eigenvalue weighted by molar-refractivity contribution is 7.91. The molecule has 1 aromatic carbocycles. The van der Waals surface area contributed by atoms with E-state index >= 15 is 0 Å². The highest BCUT2D eigenvalue weighted by Crippen LogP contribution is 2.35. The normalized spacial score (nSPS) is 17.6. The van der Waals surface area contributed by atoms with Gasteiger partial charge in [0.25, 0.3) is 0 Å². The first kappa shape index (κ1) is 24.1. The molecule has 0 aliphatic heterocycles. The van der Waals surface area contributed by atoms with Gasteiger partial charge in [0.2, 0.25) is 5.91 Å². The minimum Gasteiger partial charge on any atom is -0.336 e. The summed E-state index contributed by atoms with van der Waals surface area (Å²) in [5, 5.41) is 13.6. The number of benzene rings is 1. The number of sulfone groups is 1. The number of amides is 1. The summed E-state index contributed by atoms with van der Waals surface area (Å²) in [5.41, 5.74) is -1.54. The van der Waals surface area contributed by atoms with Crippen molar-refractivity contribution in [3.05, 3.63) is 35.6 Å². The van der Waals surface area contributed by atoms with Crippen molar-refractivity contribution in [3.8, 4) is 6.07 Å². The van der Waals surface area contributed by atoms with Crippen LogP contribution in [0, 0.1) is 17.1 Å². The zero-order valence-electron chi connectivity index (χ0n) is 16.3. The average Bonchev–Trinajstić information content (AvgIpc) is 3.43. The van der Waals surface area contributed by atoms with Crippen molar-refractivity contribution >= 4 is 15.7 Å². The molecule has 0 heterocycles. The first-order valence-corrected chi connectivity index (χ1v) is 11.3. The van der Waals surface area contributed by atoms with Gasteiger partial charge in [0.15, 0.2) is 9.84 Å². The smallest absolute Gasteiger partial charge is 0.336 e. The highest BCUT2D eigenvalue weighted by Gasteiger charge is 2.48. The van der Waals surface area contributed by atoms with E-state index in [0.717, 1.165) is 24.3 Å². The largest absolute Gasteiger partial charge is 0.407 e. The second-order valence-corrected chi connectivity index (χ2v) is 9.63. The fourth-order valence-corrected chi connectivity index (χ4v) is 4.50. The third-order valence-corrected chi connectivity index (χ3v) is 6.52. The molecule has 1 amide bonds. The van der Waals surface area contributed by atoms with Gasteiger partial charge in [-0.05, 0) is 37.0 Å². The summed E-state index contributed by atoms with van der Waals surface area (Å²) in [6.45, 7) is 1.76. The van der Waals surface area contributed by atoms with E-state index < -0.39 is 51.1 Å². The van der Waals surface area contributed by atoms with Gasteiger partial charge in [-0.15, -0.1) is 0 Å². The van der Waals surface area contributed by atoms with Gasteiger partial charge >= 0.3 is 6.18 Å². The average molecular weight is 449 g/mol. The highest BCUT2D eigenvalue weighted by atomic mass is 32.2. The summed E-state index contributed by atoms with van der Waals surface area (Å²) < 4.78 is 78.9. The number of nitrogens with one attached hydrogen (secondary N) is 2. The number of halogens is 4. The summed E-state index contributed by atoms with van der Waals surface area (Å²) in [7, 11) is -3.84. The van der Waals surface area contributed by atoms with E-state index in [1.165, 1.54) is 0 Å². The van der Waals surface area contributed by atoms with Crippen LogP contribution in [-0.4, -0.2) is 43.6 Å². The summed E-state index contributed by atoms with van der Waals surface area (Å²) in [6, 6.07) is 1.27. The fraction of sp³-hybridized carbons (Fsp3) is 0.579. The zero-order valence-corrected chi connectivity index (χ0v) is 17.1. The number of nitrogens with zero attached hydrogens (tertiary/aromatic N) is 1. The second-order valence-electron chi connectivity index (χ2n) is 7.40. The van der Waals surface area contributed by atoms with Gasteiger partial charge in [-0.2, -0.15) is 18.4 Å². The maximum absolute atomic E-state index is 13.7. The number of rotatable bonds is 10. The molecule has 0 radical (unpaired) electrons. The molecular formula is C19H23F4N3O3S. The molecule has 0 unspecified atom stereocenters. The van der Waals surface area contributed by atoms with Gasteiger partial charge < -0.3 is 5.32 Å². The number of hydrogen-bond donors (Lipinski definition) is 2. The Bertz CT molecular complexity index is 891. The molecule has 2 atom stereocenters. The van der Waals surface area contributed by atoms with E-state index in [-0.39, 0.29) is 11.3 Å². The van der Waals surface area contributed by atoms with Crippen molar-refractivity contribution in [1.29, 1.82) is 5.26 Å². The molecule has 1 aliphatic rings. The van der Waals surface area contributed by atoms with Crippen LogP contribution in [0.15, 0.2) is 24.3 Å². The van der Waals surface area contributed by atoms with E-state index in [2.05, 4.69) is 10.6 Å². The molecule has 0 spiro atoms. The molecule has 0 aromatic heterocycles. The lowest BCUT2D eigenvalue weighted by Crippen LogP contribution is -2.54. The Hall–Kier alpha value is -2.19. The molecule has 1 aliphatic carbocycles. The van der Waals surface area contributed by atoms with Gasteiger partial charge in [-0.1, -0.05) is 25.5 Å². The van der Waals surface area contributed by atoms with Gasteiger partial charge in [-0.3, -0.25) is 10.1 Å². The van der Waals surface area contributed by atoms with Crippen LogP contribution in [0.3, 0.4) is 0 Å². The van der Waals surface area contributed by atoms with E-state index in [9.17, 15) is 30.8 Å². The van der Waals surface area contributed by atoms with E-state index in [1.54, 1.807) is 6.92 Å². The molecule has 166 valence electrons. The van der Waals surface area contributed by atoms with Crippen LogP contribution in [-0.2, 0) is 14.6 Å². The Morgan fingerprint density at radius 1 is 1.27 bits per heavy atom. The van der Waals surface area contributed by atoms with Crippen LogP contribution in [0.4, 0.5) is 17.6 Å². The van der Waals surface area contributed by atoms with E-state index in [1.807, 2.05) is 6.07 Å². The Morgan fingerprint density at radius 2 is 1.87 bits per heavy atom.